The van der Waals surface area contributed by atoms with E-state index < -0.39 is 11.6 Å². The van der Waals surface area contributed by atoms with Crippen LogP contribution in [0.25, 0.3) is 0 Å². The van der Waals surface area contributed by atoms with Gasteiger partial charge in [0.1, 0.15) is 0 Å². The van der Waals surface area contributed by atoms with Crippen LogP contribution in [-0.4, -0.2) is 24.0 Å². The number of carbonyl (C=O) groups is 2. The second-order valence-electron chi connectivity index (χ2n) is 5.77. The maximum Gasteiger partial charge on any atom is 0.316 e. The topological polar surface area (TPSA) is 96.2 Å². The van der Waals surface area contributed by atoms with Crippen LogP contribution in [0.4, 0.5) is 10.5 Å². The highest BCUT2D eigenvalue weighted by Crippen LogP contribution is 2.25. The van der Waals surface area contributed by atoms with E-state index in [1.54, 1.807) is 12.1 Å². The van der Waals surface area contributed by atoms with Crippen molar-refractivity contribution < 1.29 is 9.59 Å². The van der Waals surface area contributed by atoms with Crippen LogP contribution in [0.2, 0.25) is 0 Å². The third-order valence-electron chi connectivity index (χ3n) is 4.31. The fourth-order valence-corrected chi connectivity index (χ4v) is 2.88. The van der Waals surface area contributed by atoms with Crippen molar-refractivity contribution in [2.45, 2.75) is 44.7 Å². The van der Waals surface area contributed by atoms with Crippen molar-refractivity contribution in [1.82, 2.24) is 10.6 Å². The zero-order valence-electron chi connectivity index (χ0n) is 13.1. The van der Waals surface area contributed by atoms with Gasteiger partial charge in [0.25, 0.3) is 0 Å². The molecule has 0 aromatic heterocycles. The molecule has 1 aromatic rings. The summed E-state index contributed by atoms with van der Waals surface area (Å²) in [5, 5.41) is 8.92. The third-order valence-corrected chi connectivity index (χ3v) is 4.31. The average molecular weight is 304 g/mol. The van der Waals surface area contributed by atoms with E-state index in [9.17, 15) is 9.59 Å². The fourth-order valence-electron chi connectivity index (χ4n) is 2.88. The number of carbonyl (C=O) groups excluding carboxylic acids is 2. The first-order valence-corrected chi connectivity index (χ1v) is 7.69. The molecule has 1 aliphatic heterocycles. The Morgan fingerprint density at radius 2 is 2.05 bits per heavy atom. The highest BCUT2D eigenvalue weighted by molar-refractivity contribution is 5.88. The average Bonchev–Trinajstić information content (AvgIpc) is 2.97. The lowest BCUT2D eigenvalue weighted by Gasteiger charge is -2.28. The van der Waals surface area contributed by atoms with Gasteiger partial charge in [-0.25, -0.2) is 4.79 Å². The van der Waals surface area contributed by atoms with Gasteiger partial charge in [-0.2, -0.15) is 0 Å². The second kappa shape index (κ2) is 6.79. The number of rotatable bonds is 5. The van der Waals surface area contributed by atoms with E-state index in [1.165, 1.54) is 0 Å². The number of benzene rings is 1. The zero-order chi connectivity index (χ0) is 16.2. The van der Waals surface area contributed by atoms with Crippen LogP contribution < -0.4 is 21.7 Å². The van der Waals surface area contributed by atoms with Crippen molar-refractivity contribution in [3.63, 3.8) is 0 Å². The molecule has 5 N–H and O–H groups in total. The Labute approximate surface area is 130 Å². The minimum atomic E-state index is -0.591. The number of anilines is 1. The van der Waals surface area contributed by atoms with Gasteiger partial charge in [-0.1, -0.05) is 19.1 Å². The van der Waals surface area contributed by atoms with E-state index in [0.717, 1.165) is 31.4 Å². The van der Waals surface area contributed by atoms with Crippen molar-refractivity contribution in [2.24, 2.45) is 5.73 Å². The van der Waals surface area contributed by atoms with Crippen LogP contribution in [0.3, 0.4) is 0 Å². The Balaban J connectivity index is 2.00. The quantitative estimate of drug-likeness (QED) is 0.669. The molecule has 0 bridgehead atoms. The van der Waals surface area contributed by atoms with Gasteiger partial charge in [0.05, 0.1) is 11.6 Å². The summed E-state index contributed by atoms with van der Waals surface area (Å²) in [6.07, 6.45) is 2.69. The van der Waals surface area contributed by atoms with E-state index in [0.29, 0.717) is 5.69 Å². The lowest BCUT2D eigenvalue weighted by molar-refractivity contribution is -0.128. The predicted molar refractivity (Wildman–Crippen MR) is 86.5 cm³/mol. The summed E-state index contributed by atoms with van der Waals surface area (Å²) in [6, 6.07) is 6.60. The molecule has 2 rings (SSSR count). The van der Waals surface area contributed by atoms with Crippen LogP contribution in [0.1, 0.15) is 44.7 Å². The fraction of sp³-hybridized carbons (Fsp3) is 0.500. The molecule has 1 saturated heterocycles. The van der Waals surface area contributed by atoms with Gasteiger partial charge >= 0.3 is 6.03 Å². The molecule has 0 aliphatic carbocycles. The highest BCUT2D eigenvalue weighted by Gasteiger charge is 2.39. The van der Waals surface area contributed by atoms with Crippen LogP contribution in [0.15, 0.2) is 24.3 Å². The Morgan fingerprint density at radius 1 is 1.36 bits per heavy atom. The molecule has 0 spiro atoms. The van der Waals surface area contributed by atoms with Crippen LogP contribution in [-0.2, 0) is 4.79 Å². The van der Waals surface area contributed by atoms with E-state index in [4.69, 9.17) is 5.73 Å². The first-order chi connectivity index (χ1) is 10.5. The predicted octanol–water partition coefficient (Wildman–Crippen LogP) is 1.89. The number of urea groups is 1. The molecule has 0 saturated carbocycles. The van der Waals surface area contributed by atoms with Gasteiger partial charge < -0.3 is 21.7 Å². The summed E-state index contributed by atoms with van der Waals surface area (Å²) >= 11 is 0. The number of nitrogens with one attached hydrogen (secondary N) is 3. The Kier molecular flexibility index (Phi) is 5.03. The van der Waals surface area contributed by atoms with Crippen molar-refractivity contribution >= 4 is 17.6 Å². The summed E-state index contributed by atoms with van der Waals surface area (Å²) in [6.45, 7) is 4.88. The molecule has 120 valence electrons. The maximum atomic E-state index is 12.5. The number of hydrogen-bond donors (Lipinski definition) is 4. The SMILES string of the molecule is CCC1(C(=O)NC(C)c2ccc(NC(N)=O)cc2)CCCN1. The minimum Gasteiger partial charge on any atom is -0.351 e. The van der Waals surface area contributed by atoms with E-state index in [-0.39, 0.29) is 11.9 Å². The van der Waals surface area contributed by atoms with Crippen molar-refractivity contribution in [2.75, 3.05) is 11.9 Å². The summed E-state index contributed by atoms with van der Waals surface area (Å²) in [7, 11) is 0. The first-order valence-electron chi connectivity index (χ1n) is 7.69. The van der Waals surface area contributed by atoms with Crippen LogP contribution in [0, 0.1) is 0 Å². The number of primary amides is 1. The normalized spacial score (nSPS) is 22.1. The molecule has 22 heavy (non-hydrogen) atoms. The monoisotopic (exact) mass is 304 g/mol. The molecule has 1 fully saturated rings. The molecule has 6 nitrogen and oxygen atoms in total. The van der Waals surface area contributed by atoms with Gasteiger partial charge in [-0.05, 0) is 50.4 Å². The first kappa shape index (κ1) is 16.3. The number of hydrogen-bond acceptors (Lipinski definition) is 3. The maximum absolute atomic E-state index is 12.5. The van der Waals surface area contributed by atoms with Gasteiger partial charge in [0.15, 0.2) is 0 Å². The molecular formula is C16H24N4O2. The van der Waals surface area contributed by atoms with Gasteiger partial charge in [0.2, 0.25) is 5.91 Å². The largest absolute Gasteiger partial charge is 0.351 e. The van der Waals surface area contributed by atoms with Crippen LogP contribution >= 0.6 is 0 Å². The second-order valence-corrected chi connectivity index (χ2v) is 5.77. The van der Waals surface area contributed by atoms with Crippen molar-refractivity contribution in [3.8, 4) is 0 Å². The summed E-state index contributed by atoms with van der Waals surface area (Å²) < 4.78 is 0. The molecule has 1 aromatic carbocycles. The molecule has 1 heterocycles. The molecule has 1 aliphatic rings. The summed E-state index contributed by atoms with van der Waals surface area (Å²) in [5.41, 5.74) is 6.26. The highest BCUT2D eigenvalue weighted by atomic mass is 16.2. The molecule has 2 atom stereocenters. The summed E-state index contributed by atoms with van der Waals surface area (Å²) in [4.78, 5) is 23.3. The Bertz CT molecular complexity index is 536. The Morgan fingerprint density at radius 3 is 2.55 bits per heavy atom. The van der Waals surface area contributed by atoms with Gasteiger partial charge in [-0.15, -0.1) is 0 Å². The third kappa shape index (κ3) is 3.57. The van der Waals surface area contributed by atoms with E-state index in [2.05, 4.69) is 16.0 Å². The standard InChI is InChI=1S/C16H24N4O2/c1-3-16(9-4-10-18-16)14(21)19-11(2)12-5-7-13(8-6-12)20-15(17)22/h5-8,11,18H,3-4,9-10H2,1-2H3,(H,19,21)(H3,17,20,22). The summed E-state index contributed by atoms with van der Waals surface area (Å²) in [5.74, 6) is 0.0549. The number of nitrogens with two attached hydrogens (primary N) is 1. The van der Waals surface area contributed by atoms with Gasteiger partial charge in [-0.3, -0.25) is 4.79 Å². The van der Waals surface area contributed by atoms with E-state index >= 15 is 0 Å². The van der Waals surface area contributed by atoms with Gasteiger partial charge in [0, 0.05) is 5.69 Å². The lowest BCUT2D eigenvalue weighted by atomic mass is 9.92. The molecule has 6 heteroatoms. The molecule has 3 amide bonds. The number of amides is 3. The van der Waals surface area contributed by atoms with Crippen molar-refractivity contribution in [3.05, 3.63) is 29.8 Å². The van der Waals surface area contributed by atoms with Crippen LogP contribution in [0.5, 0.6) is 0 Å². The lowest BCUT2D eigenvalue weighted by Crippen LogP contribution is -2.53. The van der Waals surface area contributed by atoms with E-state index in [1.807, 2.05) is 26.0 Å². The molecular weight excluding hydrogens is 280 g/mol. The van der Waals surface area contributed by atoms with Crippen molar-refractivity contribution in [1.29, 1.82) is 0 Å². The Hall–Kier alpha value is -2.08. The molecule has 2 unspecified atom stereocenters. The zero-order valence-corrected chi connectivity index (χ0v) is 13.1. The minimum absolute atomic E-state index is 0.0549. The molecule has 0 radical (unpaired) electrons. The smallest absolute Gasteiger partial charge is 0.316 e.